The highest BCUT2D eigenvalue weighted by molar-refractivity contribution is 5.87. The number of carbonyl (C=O) groups is 1. The van der Waals surface area contributed by atoms with Gasteiger partial charge in [0.15, 0.2) is 0 Å². The van der Waals surface area contributed by atoms with Gasteiger partial charge in [0, 0.05) is 6.07 Å². The van der Waals surface area contributed by atoms with E-state index in [1.165, 1.54) is 0 Å². The number of hydrogen-bond donors (Lipinski definition) is 1. The Bertz CT molecular complexity index is 513. The number of rotatable bonds is 2. The maximum atomic E-state index is 10.7. The molecular weight excluding hydrogens is 204 g/mol. The largest absolute Gasteiger partial charge is 0.477 e. The summed E-state index contributed by atoms with van der Waals surface area (Å²) in [5.41, 5.74) is -0.488. The molecule has 0 spiro atoms. The van der Waals surface area contributed by atoms with Crippen LogP contribution in [0.3, 0.4) is 0 Å². The third-order valence-corrected chi connectivity index (χ3v) is 1.85. The second kappa shape index (κ2) is 3.01. The molecular formula is C7H4N4O4. The highest BCUT2D eigenvalue weighted by Gasteiger charge is 2.18. The zero-order valence-corrected chi connectivity index (χ0v) is 7.19. The van der Waals surface area contributed by atoms with Crippen LogP contribution in [0.2, 0.25) is 0 Å². The van der Waals surface area contributed by atoms with Crippen LogP contribution >= 0.6 is 0 Å². The molecule has 2 heterocycles. The normalized spacial score (nSPS) is 10.4. The Kier molecular flexibility index (Phi) is 1.82. The van der Waals surface area contributed by atoms with Gasteiger partial charge in [-0.1, -0.05) is 0 Å². The Balaban J connectivity index is 2.82. The lowest BCUT2D eigenvalue weighted by molar-refractivity contribution is -0.383. The van der Waals surface area contributed by atoms with Crippen LogP contribution in [0, 0.1) is 10.1 Å². The SMILES string of the molecule is O=C(O)c1ccc([N+](=O)[O-])c2nncn12. The van der Waals surface area contributed by atoms with Crippen LogP contribution in [-0.2, 0) is 0 Å². The van der Waals surface area contributed by atoms with E-state index in [1.54, 1.807) is 0 Å². The topological polar surface area (TPSA) is 111 Å². The molecule has 0 saturated heterocycles. The van der Waals surface area contributed by atoms with Crippen LogP contribution in [0.5, 0.6) is 0 Å². The molecule has 2 aromatic rings. The summed E-state index contributed by atoms with van der Waals surface area (Å²) in [4.78, 5) is 20.7. The summed E-state index contributed by atoms with van der Waals surface area (Å²) in [7, 11) is 0. The Morgan fingerprint density at radius 3 is 2.87 bits per heavy atom. The second-order valence-corrected chi connectivity index (χ2v) is 2.69. The number of aromatic nitrogens is 3. The average molecular weight is 208 g/mol. The number of nitrogens with zero attached hydrogens (tertiary/aromatic N) is 4. The van der Waals surface area contributed by atoms with Crippen LogP contribution in [0.15, 0.2) is 18.5 Å². The van der Waals surface area contributed by atoms with Gasteiger partial charge in [0.2, 0.25) is 5.65 Å². The van der Waals surface area contributed by atoms with E-state index in [0.29, 0.717) is 0 Å². The highest BCUT2D eigenvalue weighted by Crippen LogP contribution is 2.18. The zero-order chi connectivity index (χ0) is 11.0. The molecule has 15 heavy (non-hydrogen) atoms. The molecule has 8 heteroatoms. The maximum absolute atomic E-state index is 10.7. The van der Waals surface area contributed by atoms with Gasteiger partial charge in [0.25, 0.3) is 0 Å². The first-order valence-electron chi connectivity index (χ1n) is 3.81. The van der Waals surface area contributed by atoms with Crippen LogP contribution in [0.4, 0.5) is 5.69 Å². The molecule has 0 atom stereocenters. The van der Waals surface area contributed by atoms with Gasteiger partial charge in [-0.2, -0.15) is 0 Å². The number of nitro groups is 1. The predicted molar refractivity (Wildman–Crippen MR) is 46.6 cm³/mol. The summed E-state index contributed by atoms with van der Waals surface area (Å²) in [5.74, 6) is -1.20. The van der Waals surface area contributed by atoms with Gasteiger partial charge < -0.3 is 5.11 Å². The Morgan fingerprint density at radius 2 is 2.27 bits per heavy atom. The fourth-order valence-corrected chi connectivity index (χ4v) is 1.22. The third kappa shape index (κ3) is 1.27. The molecule has 0 radical (unpaired) electrons. The average Bonchev–Trinajstić information content (AvgIpc) is 2.63. The Hall–Kier alpha value is -2.51. The van der Waals surface area contributed by atoms with Crippen LogP contribution in [0.1, 0.15) is 10.5 Å². The summed E-state index contributed by atoms with van der Waals surface area (Å²) >= 11 is 0. The van der Waals surface area contributed by atoms with Gasteiger partial charge >= 0.3 is 11.7 Å². The lowest BCUT2D eigenvalue weighted by atomic mass is 10.3. The molecule has 1 N–H and O–H groups in total. The smallest absolute Gasteiger partial charge is 0.352 e. The molecule has 0 amide bonds. The van der Waals surface area contributed by atoms with Crippen LogP contribution < -0.4 is 0 Å². The quantitative estimate of drug-likeness (QED) is 0.562. The van der Waals surface area contributed by atoms with Crippen molar-refractivity contribution in [2.24, 2.45) is 0 Å². The number of pyridine rings is 1. The minimum atomic E-state index is -1.20. The first-order valence-corrected chi connectivity index (χ1v) is 3.81. The number of carboxylic acids is 1. The van der Waals surface area contributed by atoms with Crippen molar-refractivity contribution in [1.82, 2.24) is 14.6 Å². The van der Waals surface area contributed by atoms with E-state index in [1.807, 2.05) is 0 Å². The minimum absolute atomic E-state index is 0.0834. The van der Waals surface area contributed by atoms with E-state index in [2.05, 4.69) is 10.2 Å². The van der Waals surface area contributed by atoms with Crippen molar-refractivity contribution in [2.75, 3.05) is 0 Å². The molecule has 0 saturated carbocycles. The lowest BCUT2D eigenvalue weighted by Crippen LogP contribution is -2.05. The Morgan fingerprint density at radius 1 is 1.53 bits per heavy atom. The summed E-state index contributed by atoms with van der Waals surface area (Å²) in [6.45, 7) is 0. The number of hydrogen-bond acceptors (Lipinski definition) is 5. The van der Waals surface area contributed by atoms with E-state index in [0.717, 1.165) is 22.9 Å². The first kappa shape index (κ1) is 9.06. The summed E-state index contributed by atoms with van der Waals surface area (Å²) in [6, 6.07) is 2.23. The molecule has 0 aliphatic carbocycles. The molecule has 2 aromatic heterocycles. The van der Waals surface area contributed by atoms with Crippen LogP contribution in [-0.4, -0.2) is 30.6 Å². The van der Waals surface area contributed by atoms with Gasteiger partial charge in [-0.3, -0.25) is 14.5 Å². The molecule has 0 unspecified atom stereocenters. The van der Waals surface area contributed by atoms with Crippen molar-refractivity contribution >= 4 is 17.3 Å². The fraction of sp³-hybridized carbons (Fsp3) is 0. The highest BCUT2D eigenvalue weighted by atomic mass is 16.6. The van der Waals surface area contributed by atoms with Crippen LogP contribution in [0.25, 0.3) is 5.65 Å². The molecule has 0 aromatic carbocycles. The number of carboxylic acid groups (broad SMARTS) is 1. The molecule has 2 rings (SSSR count). The van der Waals surface area contributed by atoms with Crippen molar-refractivity contribution in [3.8, 4) is 0 Å². The zero-order valence-electron chi connectivity index (χ0n) is 7.19. The third-order valence-electron chi connectivity index (χ3n) is 1.85. The van der Waals surface area contributed by atoms with Crippen molar-refractivity contribution in [3.05, 3.63) is 34.3 Å². The monoisotopic (exact) mass is 208 g/mol. The predicted octanol–water partition coefficient (Wildman–Crippen LogP) is 0.336. The van der Waals surface area contributed by atoms with Gasteiger partial charge in [-0.25, -0.2) is 4.79 Å². The molecule has 76 valence electrons. The number of fused-ring (bicyclic) bond motifs is 1. The van der Waals surface area contributed by atoms with Crippen molar-refractivity contribution in [2.45, 2.75) is 0 Å². The van der Waals surface area contributed by atoms with Gasteiger partial charge in [0.1, 0.15) is 12.0 Å². The number of aromatic carboxylic acids is 1. The second-order valence-electron chi connectivity index (χ2n) is 2.69. The van der Waals surface area contributed by atoms with Gasteiger partial charge in [-0.05, 0) is 6.07 Å². The molecule has 8 nitrogen and oxygen atoms in total. The van der Waals surface area contributed by atoms with Crippen molar-refractivity contribution in [3.63, 3.8) is 0 Å². The maximum Gasteiger partial charge on any atom is 0.352 e. The summed E-state index contributed by atoms with van der Waals surface area (Å²) in [6.07, 6.45) is 1.12. The van der Waals surface area contributed by atoms with E-state index in [9.17, 15) is 14.9 Å². The van der Waals surface area contributed by atoms with Gasteiger partial charge in [-0.15, -0.1) is 10.2 Å². The van der Waals surface area contributed by atoms with E-state index in [4.69, 9.17) is 5.11 Å². The summed E-state index contributed by atoms with van der Waals surface area (Å²) in [5, 5.41) is 26.3. The van der Waals surface area contributed by atoms with E-state index in [-0.39, 0.29) is 17.0 Å². The molecule has 0 aliphatic rings. The lowest BCUT2D eigenvalue weighted by Gasteiger charge is -1.98. The fourth-order valence-electron chi connectivity index (χ4n) is 1.22. The van der Waals surface area contributed by atoms with Crippen molar-refractivity contribution in [1.29, 1.82) is 0 Å². The molecule has 0 fully saturated rings. The molecule has 0 bridgehead atoms. The van der Waals surface area contributed by atoms with E-state index >= 15 is 0 Å². The Labute approximate surface area is 81.9 Å². The first-order chi connectivity index (χ1) is 7.11. The van der Waals surface area contributed by atoms with E-state index < -0.39 is 10.9 Å². The summed E-state index contributed by atoms with van der Waals surface area (Å²) < 4.78 is 1.06. The minimum Gasteiger partial charge on any atom is -0.477 e. The standard InChI is InChI=1S/C7H4N4O4/c12-7(13)5-2-1-4(11(14)15)6-9-8-3-10(5)6/h1-3H,(H,12,13). The molecule has 0 aliphatic heterocycles. The van der Waals surface area contributed by atoms with Crippen molar-refractivity contribution < 1.29 is 14.8 Å². The van der Waals surface area contributed by atoms with Gasteiger partial charge in [0.05, 0.1) is 4.92 Å².